The second-order valence-corrected chi connectivity index (χ2v) is 6.89. The Bertz CT molecular complexity index is 869. The van der Waals surface area contributed by atoms with E-state index >= 15 is 0 Å². The molecule has 0 heterocycles. The van der Waals surface area contributed by atoms with Crippen LogP contribution < -0.4 is 0 Å². The van der Waals surface area contributed by atoms with Gasteiger partial charge in [-0.15, -0.1) is 83.6 Å². The molecule has 0 aliphatic rings. The first-order chi connectivity index (χ1) is 15.4. The van der Waals surface area contributed by atoms with Crippen LogP contribution in [-0.4, -0.2) is 0 Å². The molecule has 1 heteroatoms. The summed E-state index contributed by atoms with van der Waals surface area (Å²) in [7, 11) is 0. The van der Waals surface area contributed by atoms with Crippen molar-refractivity contribution in [2.24, 2.45) is 0 Å². The molecule has 0 bridgehead atoms. The van der Waals surface area contributed by atoms with E-state index in [1.54, 1.807) is 0 Å². The molecule has 0 aliphatic carbocycles. The molecular weight excluding hydrogens is 464 g/mol. The first-order valence-electron chi connectivity index (χ1n) is 10.5. The monoisotopic (exact) mass is 489 g/mol. The minimum Gasteiger partial charge on any atom is -0.214 e. The molecule has 0 unspecified atom stereocenters. The zero-order valence-corrected chi connectivity index (χ0v) is 20.5. The molecule has 32 heavy (non-hydrogen) atoms. The van der Waals surface area contributed by atoms with Gasteiger partial charge < -0.3 is 0 Å². The zero-order valence-electron chi connectivity index (χ0n) is 18.1. The van der Waals surface area contributed by atoms with Crippen molar-refractivity contribution in [3.05, 3.63) is 187 Å². The van der Waals surface area contributed by atoms with Crippen LogP contribution in [0.25, 0.3) is 0 Å². The van der Waals surface area contributed by atoms with Crippen LogP contribution in [0, 0.1) is 12.8 Å². The molecule has 5 aromatic carbocycles. The first-order valence-corrected chi connectivity index (χ1v) is 10.5. The second kappa shape index (κ2) is 15.6. The van der Waals surface area contributed by atoms with Crippen molar-refractivity contribution in [1.29, 1.82) is 0 Å². The van der Waals surface area contributed by atoms with Gasteiger partial charge in [-0.25, -0.2) is 12.1 Å². The molecule has 1 radical (unpaired) electrons. The quantitative estimate of drug-likeness (QED) is 0.224. The van der Waals surface area contributed by atoms with E-state index in [9.17, 15) is 0 Å². The third-order valence-corrected chi connectivity index (χ3v) is 4.42. The van der Waals surface area contributed by atoms with Gasteiger partial charge in [0.05, 0.1) is 0 Å². The molecule has 0 saturated carbocycles. The van der Waals surface area contributed by atoms with Crippen molar-refractivity contribution in [3.63, 3.8) is 0 Å². The predicted octanol–water partition coefficient (Wildman–Crippen LogP) is 7.98. The Morgan fingerprint density at radius 2 is 0.594 bits per heavy atom. The van der Waals surface area contributed by atoms with Gasteiger partial charge in [0.2, 0.25) is 0 Å². The molecule has 0 fully saturated rings. The Kier molecular flexibility index (Phi) is 12.3. The number of rotatable bonds is 4. The fourth-order valence-corrected chi connectivity index (χ4v) is 2.90. The van der Waals surface area contributed by atoms with Crippen molar-refractivity contribution >= 4 is 0 Å². The fourth-order valence-electron chi connectivity index (χ4n) is 2.90. The molecule has 0 saturated heterocycles. The van der Waals surface area contributed by atoms with Crippen LogP contribution in [0.2, 0.25) is 0 Å². The SMILES string of the molecule is [Zr+3].c1cc[cH-]c1.c1ccc([CH-]c2ccccc2)cc1.c1ccc([CH-]c2ccccc2)cc1. The van der Waals surface area contributed by atoms with E-state index in [2.05, 4.69) is 110 Å². The van der Waals surface area contributed by atoms with Gasteiger partial charge in [0.25, 0.3) is 0 Å². The smallest absolute Gasteiger partial charge is 0.214 e. The van der Waals surface area contributed by atoms with Crippen molar-refractivity contribution in [1.82, 2.24) is 0 Å². The normalized spacial score (nSPS) is 9.00. The largest absolute Gasteiger partial charge is 3.00 e. The topological polar surface area (TPSA) is 0 Å². The van der Waals surface area contributed by atoms with Gasteiger partial charge in [0.1, 0.15) is 0 Å². The second-order valence-electron chi connectivity index (χ2n) is 6.89. The predicted molar refractivity (Wildman–Crippen MR) is 133 cm³/mol. The van der Waals surface area contributed by atoms with Crippen molar-refractivity contribution < 1.29 is 26.2 Å². The number of hydrogen-bond acceptors (Lipinski definition) is 0. The Labute approximate surface area is 212 Å². The number of hydrogen-bond donors (Lipinski definition) is 0. The van der Waals surface area contributed by atoms with Gasteiger partial charge in [-0.2, -0.15) is 18.2 Å². The van der Waals surface area contributed by atoms with Crippen molar-refractivity contribution in [2.75, 3.05) is 0 Å². The summed E-state index contributed by atoms with van der Waals surface area (Å²) in [5.41, 5.74) is 4.98. The molecule has 0 aromatic heterocycles. The van der Waals surface area contributed by atoms with E-state index in [1.165, 1.54) is 22.3 Å². The van der Waals surface area contributed by atoms with E-state index in [0.717, 1.165) is 0 Å². The molecule has 0 amide bonds. The minimum absolute atomic E-state index is 0. The third-order valence-electron chi connectivity index (χ3n) is 4.42. The molecular formula is C31H27Zr. The summed E-state index contributed by atoms with van der Waals surface area (Å²) < 4.78 is 0. The Hall–Kier alpha value is -3.15. The molecule has 155 valence electrons. The maximum Gasteiger partial charge on any atom is 3.00 e. The van der Waals surface area contributed by atoms with E-state index in [4.69, 9.17) is 0 Å². The van der Waals surface area contributed by atoms with E-state index in [0.29, 0.717) is 0 Å². The molecule has 0 N–H and O–H groups in total. The standard InChI is InChI=1S/2C13H11.C5H5.Zr/c2*1-3-7-12(8-4-1)11-13-9-5-2-6-10-13;1-2-4-5-3-1;/h2*1-11H;1-5H;/q3*-1;+3. The molecule has 0 spiro atoms. The van der Waals surface area contributed by atoms with Crippen LogP contribution in [0.1, 0.15) is 22.3 Å². The Balaban J connectivity index is 0.000000182. The molecule has 5 aromatic rings. The summed E-state index contributed by atoms with van der Waals surface area (Å²) in [5.74, 6) is 0. The molecule has 5 rings (SSSR count). The average Bonchev–Trinajstić information content (AvgIpc) is 3.43. The zero-order chi connectivity index (χ0) is 21.4. The van der Waals surface area contributed by atoms with Crippen LogP contribution >= 0.6 is 0 Å². The van der Waals surface area contributed by atoms with Crippen molar-refractivity contribution in [2.45, 2.75) is 0 Å². The average molecular weight is 491 g/mol. The van der Waals surface area contributed by atoms with Crippen LogP contribution in [0.4, 0.5) is 0 Å². The molecule has 0 nitrogen and oxygen atoms in total. The Morgan fingerprint density at radius 1 is 0.344 bits per heavy atom. The Morgan fingerprint density at radius 3 is 0.781 bits per heavy atom. The molecule has 0 atom stereocenters. The summed E-state index contributed by atoms with van der Waals surface area (Å²) in [6.07, 6.45) is 4.33. The summed E-state index contributed by atoms with van der Waals surface area (Å²) in [5, 5.41) is 0. The van der Waals surface area contributed by atoms with Crippen LogP contribution in [0.5, 0.6) is 0 Å². The van der Waals surface area contributed by atoms with Crippen molar-refractivity contribution in [3.8, 4) is 0 Å². The van der Waals surface area contributed by atoms with E-state index < -0.39 is 0 Å². The van der Waals surface area contributed by atoms with Crippen LogP contribution in [0.3, 0.4) is 0 Å². The van der Waals surface area contributed by atoms with Crippen LogP contribution in [-0.2, 0) is 26.2 Å². The number of benzene rings is 4. The van der Waals surface area contributed by atoms with E-state index in [1.807, 2.05) is 54.6 Å². The fraction of sp³-hybridized carbons (Fsp3) is 0. The van der Waals surface area contributed by atoms with E-state index in [-0.39, 0.29) is 26.2 Å². The maximum atomic E-state index is 2.17. The van der Waals surface area contributed by atoms with Gasteiger partial charge in [-0.1, -0.05) is 72.8 Å². The maximum absolute atomic E-state index is 2.17. The van der Waals surface area contributed by atoms with Gasteiger partial charge in [0, 0.05) is 0 Å². The van der Waals surface area contributed by atoms with Gasteiger partial charge >= 0.3 is 26.2 Å². The summed E-state index contributed by atoms with van der Waals surface area (Å²) in [4.78, 5) is 0. The minimum atomic E-state index is 0. The van der Waals surface area contributed by atoms with Gasteiger partial charge in [0.15, 0.2) is 0 Å². The third kappa shape index (κ3) is 10.2. The van der Waals surface area contributed by atoms with Crippen LogP contribution in [0.15, 0.2) is 152 Å². The summed E-state index contributed by atoms with van der Waals surface area (Å²) in [6.45, 7) is 0. The first kappa shape index (κ1) is 25.1. The van der Waals surface area contributed by atoms with Gasteiger partial charge in [-0.3, -0.25) is 0 Å². The summed E-state index contributed by atoms with van der Waals surface area (Å²) >= 11 is 0. The molecule has 0 aliphatic heterocycles. The van der Waals surface area contributed by atoms with Gasteiger partial charge in [-0.05, 0) is 0 Å². The summed E-state index contributed by atoms with van der Waals surface area (Å²) in [6, 6.07) is 51.4.